The van der Waals surface area contributed by atoms with Crippen LogP contribution in [-0.2, 0) is 14.3 Å². The number of carbonyl (C=O) groups excluding carboxylic acids is 3. The van der Waals surface area contributed by atoms with Crippen LogP contribution in [-0.4, -0.2) is 89.2 Å². The van der Waals surface area contributed by atoms with Crippen molar-refractivity contribution in [1.82, 2.24) is 20.0 Å². The van der Waals surface area contributed by atoms with Crippen LogP contribution in [0.3, 0.4) is 0 Å². The molecule has 0 aromatic carbocycles. The quantitative estimate of drug-likeness (QED) is 0.368. The average molecular weight is 440 g/mol. The van der Waals surface area contributed by atoms with Crippen molar-refractivity contribution in [2.24, 2.45) is 17.6 Å². The zero-order valence-electron chi connectivity index (χ0n) is 18.2. The highest BCUT2D eigenvalue weighted by Crippen LogP contribution is 2.32. The van der Waals surface area contributed by atoms with Gasteiger partial charge in [-0.2, -0.15) is 0 Å². The molecular weight excluding hydrogens is 406 g/mol. The number of ether oxygens (including phenoxy) is 1. The summed E-state index contributed by atoms with van der Waals surface area (Å²) in [4.78, 5) is 53.2. The van der Waals surface area contributed by atoms with Crippen molar-refractivity contribution in [3.63, 3.8) is 0 Å². The van der Waals surface area contributed by atoms with Crippen molar-refractivity contribution in [3.05, 3.63) is 12.4 Å². The van der Waals surface area contributed by atoms with Gasteiger partial charge in [0, 0.05) is 32.7 Å². The average Bonchev–Trinajstić information content (AvgIpc) is 2.95. The highest BCUT2D eigenvalue weighted by atomic mass is 16.6. The number of β-lactam (4-membered cyclic amide) rings is 1. The van der Waals surface area contributed by atoms with E-state index in [1.54, 1.807) is 0 Å². The topological polar surface area (TPSA) is 146 Å². The van der Waals surface area contributed by atoms with E-state index in [9.17, 15) is 24.3 Å². The Kier molecular flexibility index (Phi) is 8.52. The van der Waals surface area contributed by atoms with Gasteiger partial charge >= 0.3 is 18.1 Å². The van der Waals surface area contributed by atoms with Gasteiger partial charge in [0.2, 0.25) is 5.91 Å². The molecule has 2 fully saturated rings. The maximum Gasteiger partial charge on any atom is 0.409 e. The van der Waals surface area contributed by atoms with E-state index in [2.05, 4.69) is 11.9 Å². The Balaban J connectivity index is 1.92. The fourth-order valence-electron chi connectivity index (χ4n) is 3.67. The molecule has 174 valence electrons. The molecule has 2 heterocycles. The zero-order valence-corrected chi connectivity index (χ0v) is 18.2. The minimum atomic E-state index is -1.21. The number of amides is 4. The van der Waals surface area contributed by atoms with Crippen LogP contribution in [0.4, 0.5) is 9.59 Å². The van der Waals surface area contributed by atoms with Gasteiger partial charge in [-0.25, -0.2) is 19.3 Å². The zero-order chi connectivity index (χ0) is 23.1. The molecule has 2 rings (SSSR count). The molecule has 0 bridgehead atoms. The van der Waals surface area contributed by atoms with Gasteiger partial charge in [-0.3, -0.25) is 4.79 Å². The summed E-state index contributed by atoms with van der Waals surface area (Å²) in [5.41, 5.74) is 5.42. The van der Waals surface area contributed by atoms with Crippen molar-refractivity contribution in [2.45, 2.75) is 39.2 Å². The lowest BCUT2D eigenvalue weighted by Gasteiger charge is -2.44. The van der Waals surface area contributed by atoms with Gasteiger partial charge in [-0.15, -0.1) is 0 Å². The molecule has 4 amide bonds. The number of carboxylic acid groups (broad SMARTS) is 1. The monoisotopic (exact) mass is 439 g/mol. The van der Waals surface area contributed by atoms with Gasteiger partial charge in [0.1, 0.15) is 0 Å². The van der Waals surface area contributed by atoms with E-state index in [-0.39, 0.29) is 19.0 Å². The summed E-state index contributed by atoms with van der Waals surface area (Å²) in [7, 11) is 0. The number of rotatable bonds is 8. The van der Waals surface area contributed by atoms with E-state index in [0.29, 0.717) is 51.3 Å². The molecule has 0 aliphatic carbocycles. The molecule has 31 heavy (non-hydrogen) atoms. The molecule has 0 radical (unpaired) electrons. The number of nitrogens with one attached hydrogen (secondary N) is 1. The van der Waals surface area contributed by atoms with Crippen LogP contribution in [0.5, 0.6) is 0 Å². The van der Waals surface area contributed by atoms with Crippen molar-refractivity contribution in [1.29, 1.82) is 0 Å². The highest BCUT2D eigenvalue weighted by Gasteiger charge is 2.55. The fourth-order valence-corrected chi connectivity index (χ4v) is 3.67. The summed E-state index contributed by atoms with van der Waals surface area (Å²) in [5.74, 6) is -1.92. The molecule has 2 aliphatic heterocycles. The van der Waals surface area contributed by atoms with Crippen LogP contribution in [0.25, 0.3) is 0 Å². The number of urea groups is 1. The number of nitrogens with zero attached hydrogens (tertiary/aromatic N) is 3. The number of aliphatic carboxylic acids is 1. The van der Waals surface area contributed by atoms with E-state index in [1.165, 1.54) is 9.80 Å². The molecular formula is C20H33N5O6. The predicted molar refractivity (Wildman–Crippen MR) is 112 cm³/mol. The van der Waals surface area contributed by atoms with Gasteiger partial charge in [0.25, 0.3) is 0 Å². The Bertz CT molecular complexity index is 712. The van der Waals surface area contributed by atoms with E-state index in [4.69, 9.17) is 10.5 Å². The van der Waals surface area contributed by atoms with Gasteiger partial charge in [0.15, 0.2) is 6.04 Å². The smallest absolute Gasteiger partial charge is 0.409 e. The van der Waals surface area contributed by atoms with Crippen molar-refractivity contribution >= 4 is 24.0 Å². The number of likely N-dealkylation sites (tertiary alicyclic amines) is 1. The third kappa shape index (κ3) is 6.25. The summed E-state index contributed by atoms with van der Waals surface area (Å²) >= 11 is 0. The van der Waals surface area contributed by atoms with Crippen LogP contribution < -0.4 is 11.1 Å². The summed E-state index contributed by atoms with van der Waals surface area (Å²) in [5, 5.41) is 12.4. The number of carboxylic acids is 1. The van der Waals surface area contributed by atoms with Crippen molar-refractivity contribution in [3.8, 4) is 0 Å². The van der Waals surface area contributed by atoms with Crippen LogP contribution >= 0.6 is 0 Å². The lowest BCUT2D eigenvalue weighted by Crippen LogP contribution is -2.68. The molecule has 0 saturated carbocycles. The first-order valence-corrected chi connectivity index (χ1v) is 10.6. The first-order chi connectivity index (χ1) is 14.6. The summed E-state index contributed by atoms with van der Waals surface area (Å²) in [6.45, 7) is 9.41. The molecule has 2 atom stereocenters. The van der Waals surface area contributed by atoms with Gasteiger partial charge in [-0.1, -0.05) is 20.4 Å². The number of nitrogens with two attached hydrogens (primary N) is 1. The van der Waals surface area contributed by atoms with Crippen molar-refractivity contribution < 1.29 is 29.0 Å². The molecule has 0 spiro atoms. The largest absolute Gasteiger partial charge is 0.480 e. The van der Waals surface area contributed by atoms with E-state index in [0.717, 1.165) is 4.90 Å². The van der Waals surface area contributed by atoms with E-state index >= 15 is 0 Å². The minimum Gasteiger partial charge on any atom is -0.480 e. The molecule has 0 aromatic rings. The standard InChI is InChI=1S/C20H33N5O6/c1-13(2)12-31-20(30)24-9-5-8-23(10-11-24)19(29)25-16(18(27)28)15(17(25)26)6-4-7-22-14(3)21/h13,15-16,22H,3-12,21H2,1-2H3,(H,27,28). The number of carbonyl (C=O) groups is 4. The highest BCUT2D eigenvalue weighted by molar-refractivity contribution is 6.07. The Morgan fingerprint density at radius 1 is 1.23 bits per heavy atom. The van der Waals surface area contributed by atoms with Crippen LogP contribution in [0.15, 0.2) is 12.4 Å². The van der Waals surface area contributed by atoms with Gasteiger partial charge < -0.3 is 30.7 Å². The maximum atomic E-state index is 12.9. The molecule has 0 aromatic heterocycles. The Morgan fingerprint density at radius 2 is 1.87 bits per heavy atom. The predicted octanol–water partition coefficient (Wildman–Crippen LogP) is 0.618. The second-order valence-electron chi connectivity index (χ2n) is 8.27. The molecule has 11 heteroatoms. The van der Waals surface area contributed by atoms with Crippen molar-refractivity contribution in [2.75, 3.05) is 39.3 Å². The summed E-state index contributed by atoms with van der Waals surface area (Å²) in [6, 6.07) is -1.81. The van der Waals surface area contributed by atoms with Crippen LogP contribution in [0.1, 0.15) is 33.1 Å². The lowest BCUT2D eigenvalue weighted by molar-refractivity contribution is -0.166. The van der Waals surface area contributed by atoms with Crippen LogP contribution in [0.2, 0.25) is 0 Å². The van der Waals surface area contributed by atoms with Crippen LogP contribution in [0, 0.1) is 11.8 Å². The van der Waals surface area contributed by atoms with E-state index in [1.807, 2.05) is 13.8 Å². The first kappa shape index (κ1) is 24.3. The summed E-state index contributed by atoms with van der Waals surface area (Å²) < 4.78 is 5.24. The SMILES string of the molecule is C=C(N)NCCCC1C(=O)N(C(=O)N2CCCN(C(=O)OCC(C)C)CC2)C1C(=O)O. The third-order valence-electron chi connectivity index (χ3n) is 5.28. The molecule has 4 N–H and O–H groups in total. The van der Waals surface area contributed by atoms with E-state index < -0.39 is 36.0 Å². The minimum absolute atomic E-state index is 0.207. The van der Waals surface area contributed by atoms with Gasteiger partial charge in [0.05, 0.1) is 18.3 Å². The van der Waals surface area contributed by atoms with Gasteiger partial charge in [-0.05, 0) is 25.2 Å². The number of imide groups is 1. The lowest BCUT2D eigenvalue weighted by atomic mass is 9.84. The second-order valence-corrected chi connectivity index (χ2v) is 8.27. The molecule has 2 aliphatic rings. The number of hydrogen-bond donors (Lipinski definition) is 3. The Labute approximate surface area is 182 Å². The first-order valence-electron chi connectivity index (χ1n) is 10.6. The Hall–Kier alpha value is -2.98. The normalized spacial score (nSPS) is 21.4. The third-order valence-corrected chi connectivity index (χ3v) is 5.28. The number of hydrogen-bond acceptors (Lipinski definition) is 7. The molecule has 11 nitrogen and oxygen atoms in total. The Morgan fingerprint density at radius 3 is 2.48 bits per heavy atom. The maximum absolute atomic E-state index is 12.9. The summed E-state index contributed by atoms with van der Waals surface area (Å²) in [6.07, 6.45) is 0.936. The molecule has 2 saturated heterocycles. The molecule has 2 unspecified atom stereocenters. The second kappa shape index (κ2) is 10.9. The fraction of sp³-hybridized carbons (Fsp3) is 0.700.